The molecule has 0 aliphatic carbocycles. The molecule has 0 aliphatic rings. The molecule has 1 amide bonds. The zero-order valence-corrected chi connectivity index (χ0v) is 11.6. The van der Waals surface area contributed by atoms with E-state index < -0.39 is 0 Å². The first-order valence-electron chi connectivity index (χ1n) is 5.99. The van der Waals surface area contributed by atoms with Gasteiger partial charge in [-0.25, -0.2) is 4.39 Å². The SMILES string of the molecule is Cc1ccc(Cl)c(OCC(=O)Nc2ccc(F)cc2)c1. The highest BCUT2D eigenvalue weighted by Gasteiger charge is 2.06. The van der Waals surface area contributed by atoms with E-state index in [1.54, 1.807) is 12.1 Å². The fourth-order valence-electron chi connectivity index (χ4n) is 1.59. The third kappa shape index (κ3) is 3.96. The smallest absolute Gasteiger partial charge is 0.262 e. The van der Waals surface area contributed by atoms with Crippen molar-refractivity contribution in [3.63, 3.8) is 0 Å². The predicted molar refractivity (Wildman–Crippen MR) is 76.7 cm³/mol. The van der Waals surface area contributed by atoms with Gasteiger partial charge in [-0.3, -0.25) is 4.79 Å². The van der Waals surface area contributed by atoms with E-state index in [2.05, 4.69) is 5.32 Å². The van der Waals surface area contributed by atoms with Gasteiger partial charge in [-0.1, -0.05) is 17.7 Å². The maximum absolute atomic E-state index is 12.7. The van der Waals surface area contributed by atoms with Gasteiger partial charge in [0, 0.05) is 5.69 Å². The summed E-state index contributed by atoms with van der Waals surface area (Å²) in [6.45, 7) is 1.74. The van der Waals surface area contributed by atoms with Crippen molar-refractivity contribution in [2.45, 2.75) is 6.92 Å². The van der Waals surface area contributed by atoms with Gasteiger partial charge in [0.05, 0.1) is 5.02 Å². The number of carbonyl (C=O) groups excluding carboxylic acids is 1. The van der Waals surface area contributed by atoms with Gasteiger partial charge in [0.15, 0.2) is 6.61 Å². The van der Waals surface area contributed by atoms with Crippen LogP contribution in [-0.2, 0) is 4.79 Å². The van der Waals surface area contributed by atoms with Gasteiger partial charge in [-0.2, -0.15) is 0 Å². The average molecular weight is 294 g/mol. The lowest BCUT2D eigenvalue weighted by atomic mass is 10.2. The summed E-state index contributed by atoms with van der Waals surface area (Å²) < 4.78 is 18.1. The molecule has 0 radical (unpaired) electrons. The Labute approximate surface area is 121 Å². The molecule has 0 aliphatic heterocycles. The Kier molecular flexibility index (Phi) is 4.58. The summed E-state index contributed by atoms with van der Waals surface area (Å²) in [5, 5.41) is 3.05. The molecule has 2 aromatic carbocycles. The molecule has 3 nitrogen and oxygen atoms in total. The number of hydrogen-bond acceptors (Lipinski definition) is 2. The van der Waals surface area contributed by atoms with Gasteiger partial charge in [-0.15, -0.1) is 0 Å². The molecule has 104 valence electrons. The molecule has 0 fully saturated rings. The fraction of sp³-hybridized carbons (Fsp3) is 0.133. The van der Waals surface area contributed by atoms with Crippen LogP contribution < -0.4 is 10.1 Å². The van der Waals surface area contributed by atoms with Gasteiger partial charge >= 0.3 is 0 Å². The highest BCUT2D eigenvalue weighted by Crippen LogP contribution is 2.25. The topological polar surface area (TPSA) is 38.3 Å². The third-order valence-electron chi connectivity index (χ3n) is 2.57. The average Bonchev–Trinajstić information content (AvgIpc) is 2.42. The number of carbonyl (C=O) groups is 1. The van der Waals surface area contributed by atoms with E-state index in [4.69, 9.17) is 16.3 Å². The van der Waals surface area contributed by atoms with Gasteiger partial charge < -0.3 is 10.1 Å². The predicted octanol–water partition coefficient (Wildman–Crippen LogP) is 3.81. The number of aryl methyl sites for hydroxylation is 1. The number of benzene rings is 2. The van der Waals surface area contributed by atoms with Crippen LogP contribution in [0.1, 0.15) is 5.56 Å². The monoisotopic (exact) mass is 293 g/mol. The molecule has 5 heteroatoms. The van der Waals surface area contributed by atoms with E-state index in [-0.39, 0.29) is 18.3 Å². The van der Waals surface area contributed by atoms with E-state index >= 15 is 0 Å². The van der Waals surface area contributed by atoms with E-state index in [9.17, 15) is 9.18 Å². The Bertz CT molecular complexity index is 614. The quantitative estimate of drug-likeness (QED) is 0.931. The summed E-state index contributed by atoms with van der Waals surface area (Å²) in [7, 11) is 0. The maximum atomic E-state index is 12.7. The van der Waals surface area contributed by atoms with Crippen LogP contribution in [0.25, 0.3) is 0 Å². The minimum atomic E-state index is -0.356. The maximum Gasteiger partial charge on any atom is 0.262 e. The second-order valence-electron chi connectivity index (χ2n) is 4.28. The van der Waals surface area contributed by atoms with Crippen LogP contribution in [0, 0.1) is 12.7 Å². The van der Waals surface area contributed by atoms with E-state index in [0.29, 0.717) is 16.5 Å². The van der Waals surface area contributed by atoms with Gasteiger partial charge in [0.2, 0.25) is 0 Å². The Morgan fingerprint density at radius 1 is 1.25 bits per heavy atom. The van der Waals surface area contributed by atoms with Crippen molar-refractivity contribution in [3.05, 3.63) is 58.9 Å². The summed E-state index contributed by atoms with van der Waals surface area (Å²) in [5.74, 6) is -0.235. The van der Waals surface area contributed by atoms with Gasteiger partial charge in [0.25, 0.3) is 5.91 Å². The van der Waals surface area contributed by atoms with Crippen molar-refractivity contribution >= 4 is 23.2 Å². The molecule has 0 heterocycles. The highest BCUT2D eigenvalue weighted by atomic mass is 35.5. The molecule has 1 N–H and O–H groups in total. The van der Waals surface area contributed by atoms with Crippen molar-refractivity contribution in [1.82, 2.24) is 0 Å². The van der Waals surface area contributed by atoms with Gasteiger partial charge in [-0.05, 0) is 48.9 Å². The lowest BCUT2D eigenvalue weighted by Crippen LogP contribution is -2.20. The number of hydrogen-bond donors (Lipinski definition) is 1. The Morgan fingerprint density at radius 3 is 2.65 bits per heavy atom. The summed E-state index contributed by atoms with van der Waals surface area (Å²) in [5.41, 5.74) is 1.50. The molecule has 0 saturated carbocycles. The van der Waals surface area contributed by atoms with Crippen LogP contribution >= 0.6 is 11.6 Å². The zero-order chi connectivity index (χ0) is 14.5. The number of nitrogens with one attached hydrogen (secondary N) is 1. The van der Waals surface area contributed by atoms with E-state index in [1.165, 1.54) is 24.3 Å². The number of amides is 1. The standard InChI is InChI=1S/C15H13ClFNO2/c1-10-2-7-13(16)14(8-10)20-9-15(19)18-12-5-3-11(17)4-6-12/h2-8H,9H2,1H3,(H,18,19). The van der Waals surface area contributed by atoms with Crippen LogP contribution in [-0.4, -0.2) is 12.5 Å². The zero-order valence-electron chi connectivity index (χ0n) is 10.8. The van der Waals surface area contributed by atoms with E-state index in [1.807, 2.05) is 13.0 Å². The lowest BCUT2D eigenvalue weighted by molar-refractivity contribution is -0.118. The second kappa shape index (κ2) is 6.39. The third-order valence-corrected chi connectivity index (χ3v) is 2.89. The first kappa shape index (κ1) is 14.3. The second-order valence-corrected chi connectivity index (χ2v) is 4.68. The molecule has 20 heavy (non-hydrogen) atoms. The number of ether oxygens (including phenoxy) is 1. The normalized spacial score (nSPS) is 10.2. The van der Waals surface area contributed by atoms with Crippen LogP contribution in [0.15, 0.2) is 42.5 Å². The van der Waals surface area contributed by atoms with Crippen LogP contribution in [0.2, 0.25) is 5.02 Å². The summed E-state index contributed by atoms with van der Waals surface area (Å²) in [6.07, 6.45) is 0. The molecular formula is C15H13ClFNO2. The van der Waals surface area contributed by atoms with E-state index in [0.717, 1.165) is 5.56 Å². The van der Waals surface area contributed by atoms with Crippen molar-refractivity contribution in [1.29, 1.82) is 0 Å². The molecule has 0 spiro atoms. The molecule has 0 unspecified atom stereocenters. The lowest BCUT2D eigenvalue weighted by Gasteiger charge is -2.09. The molecule has 0 atom stereocenters. The van der Waals surface area contributed by atoms with Crippen LogP contribution in [0.5, 0.6) is 5.75 Å². The number of anilines is 1. The summed E-state index contributed by atoms with van der Waals surface area (Å²) >= 11 is 5.96. The fourth-order valence-corrected chi connectivity index (χ4v) is 1.77. The van der Waals surface area contributed by atoms with Crippen LogP contribution in [0.4, 0.5) is 10.1 Å². The van der Waals surface area contributed by atoms with Gasteiger partial charge in [0.1, 0.15) is 11.6 Å². The van der Waals surface area contributed by atoms with Crippen molar-refractivity contribution in [2.24, 2.45) is 0 Å². The summed E-state index contributed by atoms with van der Waals surface area (Å²) in [6, 6.07) is 10.8. The first-order chi connectivity index (χ1) is 9.54. The molecule has 0 bridgehead atoms. The minimum absolute atomic E-state index is 0.166. The minimum Gasteiger partial charge on any atom is -0.482 e. The molecule has 2 rings (SSSR count). The number of halogens is 2. The van der Waals surface area contributed by atoms with Crippen molar-refractivity contribution in [3.8, 4) is 5.75 Å². The first-order valence-corrected chi connectivity index (χ1v) is 6.37. The van der Waals surface area contributed by atoms with Crippen LogP contribution in [0.3, 0.4) is 0 Å². The number of rotatable bonds is 4. The molecule has 2 aromatic rings. The molecular weight excluding hydrogens is 281 g/mol. The largest absolute Gasteiger partial charge is 0.482 e. The highest BCUT2D eigenvalue weighted by molar-refractivity contribution is 6.32. The Morgan fingerprint density at radius 2 is 1.95 bits per heavy atom. The molecule has 0 saturated heterocycles. The van der Waals surface area contributed by atoms with Crippen molar-refractivity contribution in [2.75, 3.05) is 11.9 Å². The Hall–Kier alpha value is -2.07. The van der Waals surface area contributed by atoms with Crippen molar-refractivity contribution < 1.29 is 13.9 Å². The summed E-state index contributed by atoms with van der Waals surface area (Å²) in [4.78, 5) is 11.7. The molecule has 0 aromatic heterocycles. The Balaban J connectivity index is 1.92.